The Kier molecular flexibility index (Phi) is 3.95. The van der Waals surface area contributed by atoms with Gasteiger partial charge in [-0.25, -0.2) is 0 Å². The molecule has 0 saturated carbocycles. The molecular weight excluding hydrogens is 244 g/mol. The first-order valence-corrected chi connectivity index (χ1v) is 6.38. The van der Waals surface area contributed by atoms with Crippen molar-refractivity contribution in [3.63, 3.8) is 0 Å². The highest BCUT2D eigenvalue weighted by Gasteiger charge is 2.31. The maximum absolute atomic E-state index is 11.8. The van der Waals surface area contributed by atoms with Crippen LogP contribution in [0.15, 0.2) is 18.2 Å². The second kappa shape index (κ2) is 5.48. The molecule has 1 heterocycles. The summed E-state index contributed by atoms with van der Waals surface area (Å²) in [5.74, 6) is 1.20. The summed E-state index contributed by atoms with van der Waals surface area (Å²) in [5.41, 5.74) is 6.81. The summed E-state index contributed by atoms with van der Waals surface area (Å²) in [6, 6.07) is 5.49. The van der Waals surface area contributed by atoms with Gasteiger partial charge in [-0.1, -0.05) is 6.07 Å². The second-order valence-corrected chi connectivity index (χ2v) is 4.85. The summed E-state index contributed by atoms with van der Waals surface area (Å²) in [6.45, 7) is 2.63. The number of methoxy groups -OCH3 is 1. The summed E-state index contributed by atoms with van der Waals surface area (Å²) < 4.78 is 11.1. The Morgan fingerprint density at radius 1 is 1.42 bits per heavy atom. The Bertz CT molecular complexity index is 474. The van der Waals surface area contributed by atoms with E-state index in [1.165, 1.54) is 0 Å². The molecule has 0 aromatic heterocycles. The van der Waals surface area contributed by atoms with Crippen LogP contribution in [0.5, 0.6) is 11.5 Å². The van der Waals surface area contributed by atoms with Gasteiger partial charge in [-0.2, -0.15) is 0 Å². The van der Waals surface area contributed by atoms with Crippen LogP contribution in [-0.2, 0) is 4.79 Å². The number of amides is 1. The second-order valence-electron chi connectivity index (χ2n) is 4.85. The van der Waals surface area contributed by atoms with Crippen molar-refractivity contribution < 1.29 is 14.3 Å². The molecule has 2 atom stereocenters. The number of carbonyl (C=O) groups is 1. The minimum absolute atomic E-state index is 0.0123. The van der Waals surface area contributed by atoms with Crippen molar-refractivity contribution in [2.75, 3.05) is 20.7 Å². The molecule has 19 heavy (non-hydrogen) atoms. The average Bonchev–Trinajstić information content (AvgIpc) is 2.71. The molecule has 2 rings (SSSR count). The molecule has 1 amide bonds. The lowest BCUT2D eigenvalue weighted by molar-refractivity contribution is -0.132. The number of hydrogen-bond donors (Lipinski definition) is 1. The summed E-state index contributed by atoms with van der Waals surface area (Å²) >= 11 is 0. The maximum Gasteiger partial charge on any atom is 0.263 e. The van der Waals surface area contributed by atoms with E-state index in [2.05, 4.69) is 0 Å². The fourth-order valence-electron chi connectivity index (χ4n) is 2.12. The van der Waals surface area contributed by atoms with Gasteiger partial charge in [0.15, 0.2) is 17.6 Å². The van der Waals surface area contributed by atoms with Crippen LogP contribution >= 0.6 is 0 Å². The minimum atomic E-state index is -0.417. The number of hydrogen-bond acceptors (Lipinski definition) is 4. The van der Waals surface area contributed by atoms with Gasteiger partial charge in [-0.05, 0) is 24.6 Å². The number of likely N-dealkylation sites (N-methyl/N-ethyl adjacent to an activating group) is 1. The van der Waals surface area contributed by atoms with Gasteiger partial charge in [-0.15, -0.1) is 0 Å². The van der Waals surface area contributed by atoms with E-state index in [-0.39, 0.29) is 11.9 Å². The van der Waals surface area contributed by atoms with Crippen LogP contribution in [0.3, 0.4) is 0 Å². The molecule has 5 nitrogen and oxygen atoms in total. The Labute approximate surface area is 113 Å². The summed E-state index contributed by atoms with van der Waals surface area (Å²) in [6.07, 6.45) is 0.285. The molecule has 0 aliphatic carbocycles. The van der Waals surface area contributed by atoms with E-state index in [0.29, 0.717) is 17.9 Å². The first-order valence-electron chi connectivity index (χ1n) is 6.38. The van der Waals surface area contributed by atoms with Gasteiger partial charge in [0.2, 0.25) is 0 Å². The smallest absolute Gasteiger partial charge is 0.263 e. The summed E-state index contributed by atoms with van der Waals surface area (Å²) in [7, 11) is 3.36. The zero-order chi connectivity index (χ0) is 14.0. The molecular formula is C14H20N2O3. The number of ether oxygens (including phenoxy) is 2. The highest BCUT2D eigenvalue weighted by atomic mass is 16.5. The van der Waals surface area contributed by atoms with E-state index in [1.54, 1.807) is 19.1 Å². The van der Waals surface area contributed by atoms with Crippen LogP contribution in [0.25, 0.3) is 0 Å². The van der Waals surface area contributed by atoms with Crippen molar-refractivity contribution in [1.29, 1.82) is 0 Å². The quantitative estimate of drug-likeness (QED) is 0.891. The van der Waals surface area contributed by atoms with Crippen molar-refractivity contribution in [1.82, 2.24) is 4.90 Å². The topological polar surface area (TPSA) is 64.8 Å². The summed E-state index contributed by atoms with van der Waals surface area (Å²) in [5, 5.41) is 0. The highest BCUT2D eigenvalue weighted by molar-refractivity contribution is 5.83. The fraction of sp³-hybridized carbons (Fsp3) is 0.500. The monoisotopic (exact) mass is 264 g/mol. The normalized spacial score (nSPS) is 20.5. The third kappa shape index (κ3) is 2.81. The van der Waals surface area contributed by atoms with Gasteiger partial charge < -0.3 is 20.1 Å². The zero-order valence-corrected chi connectivity index (χ0v) is 11.6. The predicted molar refractivity (Wildman–Crippen MR) is 72.3 cm³/mol. The lowest BCUT2D eigenvalue weighted by Crippen LogP contribution is -2.29. The minimum Gasteiger partial charge on any atom is -0.493 e. The van der Waals surface area contributed by atoms with Gasteiger partial charge in [0.1, 0.15) is 0 Å². The molecule has 2 unspecified atom stereocenters. The Balaban J connectivity index is 2.18. The number of nitrogens with two attached hydrogens (primary N) is 1. The molecule has 5 heteroatoms. The molecule has 1 fully saturated rings. The van der Waals surface area contributed by atoms with E-state index in [4.69, 9.17) is 15.2 Å². The number of rotatable bonds is 4. The average molecular weight is 264 g/mol. The Morgan fingerprint density at radius 3 is 2.68 bits per heavy atom. The third-order valence-electron chi connectivity index (χ3n) is 3.36. The molecule has 0 bridgehead atoms. The van der Waals surface area contributed by atoms with Crippen molar-refractivity contribution in [2.24, 2.45) is 5.73 Å². The molecule has 1 aliphatic rings. The van der Waals surface area contributed by atoms with E-state index in [0.717, 1.165) is 12.1 Å². The first kappa shape index (κ1) is 13.7. The molecule has 1 aliphatic heterocycles. The van der Waals surface area contributed by atoms with Crippen LogP contribution < -0.4 is 15.2 Å². The third-order valence-corrected chi connectivity index (χ3v) is 3.36. The largest absolute Gasteiger partial charge is 0.493 e. The number of nitrogens with zero attached hydrogens (tertiary/aromatic N) is 1. The van der Waals surface area contributed by atoms with E-state index in [1.807, 2.05) is 25.1 Å². The Hall–Kier alpha value is -1.75. The van der Waals surface area contributed by atoms with Crippen LogP contribution in [0.2, 0.25) is 0 Å². The van der Waals surface area contributed by atoms with Gasteiger partial charge in [0.25, 0.3) is 5.91 Å². The van der Waals surface area contributed by atoms with Crippen molar-refractivity contribution in [2.45, 2.75) is 25.5 Å². The van der Waals surface area contributed by atoms with E-state index < -0.39 is 6.10 Å². The fourth-order valence-corrected chi connectivity index (χ4v) is 2.12. The summed E-state index contributed by atoms with van der Waals surface area (Å²) in [4.78, 5) is 13.5. The standard InChI is InChI=1S/C14H20N2O3/c1-9(15)10-4-5-11(13(8-10)18-3)19-12-6-7-16(2)14(12)17/h4-5,8-9,12H,6-7,15H2,1-3H3. The van der Waals surface area contributed by atoms with Gasteiger partial charge in [0, 0.05) is 26.1 Å². The van der Waals surface area contributed by atoms with Gasteiger partial charge >= 0.3 is 0 Å². The lowest BCUT2D eigenvalue weighted by atomic mass is 10.1. The van der Waals surface area contributed by atoms with Crippen molar-refractivity contribution in [3.8, 4) is 11.5 Å². The van der Waals surface area contributed by atoms with Crippen LogP contribution in [-0.4, -0.2) is 37.6 Å². The zero-order valence-electron chi connectivity index (χ0n) is 11.6. The Morgan fingerprint density at radius 2 is 2.16 bits per heavy atom. The number of likely N-dealkylation sites (tertiary alicyclic amines) is 1. The van der Waals surface area contributed by atoms with Crippen LogP contribution in [0.4, 0.5) is 0 Å². The molecule has 1 aromatic carbocycles. The van der Waals surface area contributed by atoms with Crippen LogP contribution in [0, 0.1) is 0 Å². The molecule has 2 N–H and O–H groups in total. The number of benzene rings is 1. The predicted octanol–water partition coefficient (Wildman–Crippen LogP) is 1.32. The molecule has 0 spiro atoms. The van der Waals surface area contributed by atoms with Crippen molar-refractivity contribution >= 4 is 5.91 Å². The maximum atomic E-state index is 11.8. The highest BCUT2D eigenvalue weighted by Crippen LogP contribution is 2.31. The van der Waals surface area contributed by atoms with Gasteiger partial charge in [-0.3, -0.25) is 4.79 Å². The molecule has 104 valence electrons. The van der Waals surface area contributed by atoms with E-state index in [9.17, 15) is 4.79 Å². The SMILES string of the molecule is COc1cc(C(C)N)ccc1OC1CCN(C)C1=O. The first-order chi connectivity index (χ1) is 9.02. The van der Waals surface area contributed by atoms with Crippen LogP contribution in [0.1, 0.15) is 24.9 Å². The molecule has 0 radical (unpaired) electrons. The van der Waals surface area contributed by atoms with Crippen molar-refractivity contribution in [3.05, 3.63) is 23.8 Å². The lowest BCUT2D eigenvalue weighted by Gasteiger charge is -2.17. The molecule has 1 saturated heterocycles. The van der Waals surface area contributed by atoms with Gasteiger partial charge in [0.05, 0.1) is 7.11 Å². The van der Waals surface area contributed by atoms with E-state index >= 15 is 0 Å². The molecule has 1 aromatic rings. The number of carbonyl (C=O) groups excluding carboxylic acids is 1.